The fraction of sp³-hybridized carbons (Fsp3) is 0.364. The smallest absolute Gasteiger partial charge is 0.390 e. The molecule has 1 heterocycles. The van der Waals surface area contributed by atoms with Gasteiger partial charge in [-0.15, -0.1) is 0 Å². The van der Waals surface area contributed by atoms with E-state index >= 15 is 0 Å². The van der Waals surface area contributed by atoms with Crippen LogP contribution in [0.15, 0.2) is 53.7 Å². The maximum atomic E-state index is 13.0. The zero-order valence-electron chi connectivity index (χ0n) is 16.0. The number of hydrogen-bond donors (Lipinski definition) is 0. The number of hydrogen-bond acceptors (Lipinski definition) is 3. The molecule has 1 saturated carbocycles. The van der Waals surface area contributed by atoms with Crippen molar-refractivity contribution in [2.24, 2.45) is 11.1 Å². The van der Waals surface area contributed by atoms with Gasteiger partial charge in [0.25, 0.3) is 0 Å². The Morgan fingerprint density at radius 2 is 1.93 bits per heavy atom. The SMILES string of the molecule is O=C(C1CC1)N(Cc1cccc(C(F)(F)F)c1)CC1CC(c2ccccc2Cl)=NO1. The minimum Gasteiger partial charge on any atom is -0.390 e. The minimum absolute atomic E-state index is 0.0535. The quantitative estimate of drug-likeness (QED) is 0.617. The average molecular weight is 437 g/mol. The number of carbonyl (C=O) groups is 1. The van der Waals surface area contributed by atoms with Crippen LogP contribution in [0.4, 0.5) is 13.2 Å². The van der Waals surface area contributed by atoms with Gasteiger partial charge in [-0.05, 0) is 36.6 Å². The van der Waals surface area contributed by atoms with E-state index in [2.05, 4.69) is 5.16 Å². The Hall–Kier alpha value is -2.54. The Morgan fingerprint density at radius 3 is 2.63 bits per heavy atom. The summed E-state index contributed by atoms with van der Waals surface area (Å²) in [5, 5.41) is 4.69. The van der Waals surface area contributed by atoms with E-state index in [1.807, 2.05) is 18.2 Å². The Morgan fingerprint density at radius 1 is 1.17 bits per heavy atom. The molecule has 158 valence electrons. The lowest BCUT2D eigenvalue weighted by Gasteiger charge is -2.25. The lowest BCUT2D eigenvalue weighted by molar-refractivity contribution is -0.137. The van der Waals surface area contributed by atoms with Gasteiger partial charge < -0.3 is 9.74 Å². The van der Waals surface area contributed by atoms with E-state index in [9.17, 15) is 18.0 Å². The minimum atomic E-state index is -4.42. The molecule has 1 fully saturated rings. The average Bonchev–Trinajstić information content (AvgIpc) is 3.46. The molecule has 2 aromatic carbocycles. The van der Waals surface area contributed by atoms with Gasteiger partial charge in [0.15, 0.2) is 6.10 Å². The Kier molecular flexibility index (Phi) is 5.73. The summed E-state index contributed by atoms with van der Waals surface area (Å²) in [5.74, 6) is -0.108. The second kappa shape index (κ2) is 8.30. The summed E-state index contributed by atoms with van der Waals surface area (Å²) in [5.41, 5.74) is 1.19. The van der Waals surface area contributed by atoms with Crippen molar-refractivity contribution in [1.82, 2.24) is 4.90 Å². The van der Waals surface area contributed by atoms with Crippen LogP contribution in [0.3, 0.4) is 0 Å². The van der Waals surface area contributed by atoms with Gasteiger partial charge in [0.2, 0.25) is 5.91 Å². The molecule has 1 atom stereocenters. The maximum absolute atomic E-state index is 13.0. The summed E-state index contributed by atoms with van der Waals surface area (Å²) in [6, 6.07) is 12.4. The predicted molar refractivity (Wildman–Crippen MR) is 107 cm³/mol. The summed E-state index contributed by atoms with van der Waals surface area (Å²) in [6.07, 6.45) is -2.70. The van der Waals surface area contributed by atoms with Crippen LogP contribution >= 0.6 is 11.6 Å². The Bertz CT molecular complexity index is 973. The van der Waals surface area contributed by atoms with E-state index < -0.39 is 11.7 Å². The molecule has 1 aliphatic carbocycles. The van der Waals surface area contributed by atoms with Crippen LogP contribution in [0.5, 0.6) is 0 Å². The normalized spacial score (nSPS) is 18.7. The standard InChI is InChI=1S/C22H20ClF3N2O2/c23-19-7-2-1-6-18(19)20-11-17(30-27-20)13-28(21(29)15-8-9-15)12-14-4-3-5-16(10-14)22(24,25)26/h1-7,10,15,17H,8-9,11-13H2. The highest BCUT2D eigenvalue weighted by atomic mass is 35.5. The van der Waals surface area contributed by atoms with E-state index in [-0.39, 0.29) is 31.0 Å². The van der Waals surface area contributed by atoms with Crippen molar-refractivity contribution in [1.29, 1.82) is 0 Å². The third-order valence-electron chi connectivity index (χ3n) is 5.21. The van der Waals surface area contributed by atoms with Crippen LogP contribution in [0.25, 0.3) is 0 Å². The van der Waals surface area contributed by atoms with Gasteiger partial charge in [-0.3, -0.25) is 4.79 Å². The maximum Gasteiger partial charge on any atom is 0.416 e. The number of benzene rings is 2. The highest BCUT2D eigenvalue weighted by Crippen LogP contribution is 2.33. The number of oxime groups is 1. The van der Waals surface area contributed by atoms with E-state index in [0.29, 0.717) is 22.7 Å². The van der Waals surface area contributed by atoms with E-state index in [1.54, 1.807) is 17.0 Å². The third-order valence-corrected chi connectivity index (χ3v) is 5.54. The molecule has 1 amide bonds. The highest BCUT2D eigenvalue weighted by Gasteiger charge is 2.36. The largest absolute Gasteiger partial charge is 0.416 e. The van der Waals surface area contributed by atoms with Gasteiger partial charge >= 0.3 is 6.18 Å². The lowest BCUT2D eigenvalue weighted by atomic mass is 10.0. The predicted octanol–water partition coefficient (Wildman–Crippen LogP) is 5.29. The van der Waals surface area contributed by atoms with Crippen molar-refractivity contribution < 1.29 is 22.8 Å². The topological polar surface area (TPSA) is 41.9 Å². The summed E-state index contributed by atoms with van der Waals surface area (Å²) in [7, 11) is 0. The van der Waals surface area contributed by atoms with Gasteiger partial charge in [-0.1, -0.05) is 47.1 Å². The van der Waals surface area contributed by atoms with Gasteiger partial charge in [0, 0.05) is 29.5 Å². The summed E-state index contributed by atoms with van der Waals surface area (Å²) >= 11 is 6.22. The number of carbonyl (C=O) groups excluding carboxylic acids is 1. The van der Waals surface area contributed by atoms with Crippen molar-refractivity contribution >= 4 is 23.2 Å². The molecule has 1 aliphatic heterocycles. The summed E-state index contributed by atoms with van der Waals surface area (Å²) in [6.45, 7) is 0.351. The monoisotopic (exact) mass is 436 g/mol. The van der Waals surface area contributed by atoms with Gasteiger partial charge in [0.1, 0.15) is 0 Å². The van der Waals surface area contributed by atoms with Crippen molar-refractivity contribution in [2.75, 3.05) is 6.54 Å². The van der Waals surface area contributed by atoms with Crippen LogP contribution in [-0.4, -0.2) is 29.2 Å². The molecule has 0 bridgehead atoms. The number of alkyl halides is 3. The molecular weight excluding hydrogens is 417 g/mol. The van der Waals surface area contributed by atoms with Crippen LogP contribution in [0.2, 0.25) is 5.02 Å². The lowest BCUT2D eigenvalue weighted by Crippen LogP contribution is -2.38. The van der Waals surface area contributed by atoms with E-state index in [1.165, 1.54) is 6.07 Å². The molecule has 4 rings (SSSR count). The molecule has 2 aromatic rings. The highest BCUT2D eigenvalue weighted by molar-refractivity contribution is 6.34. The molecule has 0 spiro atoms. The third kappa shape index (κ3) is 4.78. The molecule has 0 saturated heterocycles. The van der Waals surface area contributed by atoms with E-state index in [4.69, 9.17) is 16.4 Å². The molecule has 0 radical (unpaired) electrons. The van der Waals surface area contributed by atoms with Gasteiger partial charge in [-0.25, -0.2) is 0 Å². The van der Waals surface area contributed by atoms with Crippen LogP contribution in [0, 0.1) is 5.92 Å². The molecule has 1 unspecified atom stereocenters. The van der Waals surface area contributed by atoms with Crippen LogP contribution in [0.1, 0.15) is 36.0 Å². The molecule has 0 aromatic heterocycles. The van der Waals surface area contributed by atoms with Crippen molar-refractivity contribution in [3.63, 3.8) is 0 Å². The fourth-order valence-corrected chi connectivity index (χ4v) is 3.76. The first-order valence-electron chi connectivity index (χ1n) is 9.74. The second-order valence-corrected chi connectivity index (χ2v) is 8.05. The fourth-order valence-electron chi connectivity index (χ4n) is 3.51. The zero-order valence-corrected chi connectivity index (χ0v) is 16.8. The van der Waals surface area contributed by atoms with Crippen molar-refractivity contribution in [3.05, 3.63) is 70.2 Å². The first kappa shape index (κ1) is 20.7. The number of rotatable bonds is 6. The van der Waals surface area contributed by atoms with Crippen molar-refractivity contribution in [2.45, 2.75) is 38.1 Å². The summed E-state index contributed by atoms with van der Waals surface area (Å²) < 4.78 is 39.1. The Balaban J connectivity index is 1.47. The number of halogens is 4. The molecule has 0 N–H and O–H groups in total. The van der Waals surface area contributed by atoms with Gasteiger partial charge in [0.05, 0.1) is 17.8 Å². The molecule has 8 heteroatoms. The Labute approximate surface area is 177 Å². The van der Waals surface area contributed by atoms with E-state index in [0.717, 1.165) is 30.5 Å². The second-order valence-electron chi connectivity index (χ2n) is 7.64. The zero-order chi connectivity index (χ0) is 21.3. The van der Waals surface area contributed by atoms with Crippen molar-refractivity contribution in [3.8, 4) is 0 Å². The molecule has 4 nitrogen and oxygen atoms in total. The van der Waals surface area contributed by atoms with Crippen LogP contribution in [-0.2, 0) is 22.4 Å². The molecule has 30 heavy (non-hydrogen) atoms. The van der Waals surface area contributed by atoms with Gasteiger partial charge in [-0.2, -0.15) is 13.2 Å². The molecular formula is C22H20ClF3N2O2. The molecule has 2 aliphatic rings. The first-order chi connectivity index (χ1) is 14.3. The summed E-state index contributed by atoms with van der Waals surface area (Å²) in [4.78, 5) is 19.9. The van der Waals surface area contributed by atoms with Crippen LogP contribution < -0.4 is 0 Å². The number of amides is 1. The first-order valence-corrected chi connectivity index (χ1v) is 10.1. The number of nitrogens with zero attached hydrogens (tertiary/aromatic N) is 2.